The molecule has 3 heteroatoms. The Balaban J connectivity index is 2.92. The lowest BCUT2D eigenvalue weighted by Crippen LogP contribution is -1.86. The zero-order chi connectivity index (χ0) is 9.84. The maximum absolute atomic E-state index is 10.2. The molecule has 13 heavy (non-hydrogen) atoms. The highest BCUT2D eigenvalue weighted by Gasteiger charge is 1.94. The number of hydrogen-bond donors (Lipinski definition) is 1. The van der Waals surface area contributed by atoms with Crippen LogP contribution in [0.1, 0.15) is 11.1 Å². The van der Waals surface area contributed by atoms with Gasteiger partial charge in [0.2, 0.25) is 0 Å². The molecule has 0 saturated heterocycles. The predicted molar refractivity (Wildman–Crippen MR) is 52.9 cm³/mol. The lowest BCUT2D eigenvalue weighted by molar-refractivity contribution is -0.131. The van der Waals surface area contributed by atoms with Gasteiger partial charge in [0.05, 0.1) is 0 Å². The van der Waals surface area contributed by atoms with E-state index in [4.69, 9.17) is 16.7 Å². The second-order valence-electron chi connectivity index (χ2n) is 2.68. The Morgan fingerprint density at radius 1 is 1.54 bits per heavy atom. The van der Waals surface area contributed by atoms with Crippen molar-refractivity contribution in [2.45, 2.75) is 6.92 Å². The third-order valence-electron chi connectivity index (χ3n) is 1.60. The summed E-state index contributed by atoms with van der Waals surface area (Å²) >= 11 is 5.80. The van der Waals surface area contributed by atoms with Gasteiger partial charge in [0.1, 0.15) is 0 Å². The molecule has 0 spiro atoms. The summed E-state index contributed by atoms with van der Waals surface area (Å²) in [4.78, 5) is 10.2. The van der Waals surface area contributed by atoms with E-state index < -0.39 is 5.97 Å². The van der Waals surface area contributed by atoms with Crippen LogP contribution in [0.15, 0.2) is 24.3 Å². The molecule has 1 aromatic carbocycles. The van der Waals surface area contributed by atoms with Gasteiger partial charge in [-0.25, -0.2) is 4.79 Å². The van der Waals surface area contributed by atoms with E-state index in [-0.39, 0.29) is 0 Å². The average Bonchev–Trinajstić information content (AvgIpc) is 2.07. The smallest absolute Gasteiger partial charge is 0.328 e. The normalized spacial score (nSPS) is 10.6. The Morgan fingerprint density at radius 2 is 2.23 bits per heavy atom. The summed E-state index contributed by atoms with van der Waals surface area (Å²) in [5.41, 5.74) is 1.78. The van der Waals surface area contributed by atoms with Crippen molar-refractivity contribution in [1.82, 2.24) is 0 Å². The fourth-order valence-corrected chi connectivity index (χ4v) is 1.06. The third kappa shape index (κ3) is 2.92. The number of hydrogen-bond acceptors (Lipinski definition) is 1. The number of benzene rings is 1. The zero-order valence-corrected chi connectivity index (χ0v) is 7.88. The van der Waals surface area contributed by atoms with E-state index in [0.29, 0.717) is 5.02 Å². The lowest BCUT2D eigenvalue weighted by Gasteiger charge is -1.98. The molecule has 0 aliphatic heterocycles. The van der Waals surface area contributed by atoms with E-state index in [1.54, 1.807) is 12.1 Å². The minimum atomic E-state index is -0.951. The molecule has 68 valence electrons. The highest BCUT2D eigenvalue weighted by atomic mass is 35.5. The minimum absolute atomic E-state index is 0.687. The van der Waals surface area contributed by atoms with Crippen molar-refractivity contribution in [3.8, 4) is 0 Å². The lowest BCUT2D eigenvalue weighted by atomic mass is 10.1. The van der Waals surface area contributed by atoms with E-state index in [9.17, 15) is 4.79 Å². The number of carbonyl (C=O) groups is 1. The van der Waals surface area contributed by atoms with Crippen LogP contribution in [-0.4, -0.2) is 11.1 Å². The van der Waals surface area contributed by atoms with Crippen molar-refractivity contribution in [1.29, 1.82) is 0 Å². The van der Waals surface area contributed by atoms with E-state index in [1.165, 1.54) is 6.08 Å². The molecule has 0 aliphatic carbocycles. The molecular weight excluding hydrogens is 188 g/mol. The molecule has 0 atom stereocenters. The number of halogens is 1. The van der Waals surface area contributed by atoms with Gasteiger partial charge in [-0.05, 0) is 30.2 Å². The summed E-state index contributed by atoms with van der Waals surface area (Å²) in [5, 5.41) is 9.07. The van der Waals surface area contributed by atoms with Crippen molar-refractivity contribution < 1.29 is 9.90 Å². The largest absolute Gasteiger partial charge is 0.478 e. The van der Waals surface area contributed by atoms with Crippen LogP contribution in [0, 0.1) is 6.92 Å². The van der Waals surface area contributed by atoms with Crippen molar-refractivity contribution in [3.05, 3.63) is 40.4 Å². The van der Waals surface area contributed by atoms with Gasteiger partial charge in [-0.3, -0.25) is 0 Å². The summed E-state index contributed by atoms with van der Waals surface area (Å²) in [6.45, 7) is 1.88. The number of aliphatic carboxylic acids is 1. The number of aryl methyl sites for hydroxylation is 1. The van der Waals surface area contributed by atoms with Crippen LogP contribution in [-0.2, 0) is 4.79 Å². The summed E-state index contributed by atoms with van der Waals surface area (Å²) in [6, 6.07) is 5.36. The van der Waals surface area contributed by atoms with Crippen LogP contribution in [0.5, 0.6) is 0 Å². The molecule has 0 unspecified atom stereocenters. The Labute approximate surface area is 81.5 Å². The fraction of sp³-hybridized carbons (Fsp3) is 0.100. The maximum Gasteiger partial charge on any atom is 0.328 e. The molecule has 1 N–H and O–H groups in total. The van der Waals surface area contributed by atoms with Gasteiger partial charge < -0.3 is 5.11 Å². The number of carboxylic acids is 1. The first-order valence-electron chi connectivity index (χ1n) is 3.77. The van der Waals surface area contributed by atoms with E-state index in [2.05, 4.69) is 0 Å². The van der Waals surface area contributed by atoms with Crippen LogP contribution >= 0.6 is 11.6 Å². The van der Waals surface area contributed by atoms with Gasteiger partial charge in [0.25, 0.3) is 0 Å². The highest BCUT2D eigenvalue weighted by molar-refractivity contribution is 6.31. The molecular formula is C10H9ClO2. The van der Waals surface area contributed by atoms with Gasteiger partial charge in [-0.1, -0.05) is 23.7 Å². The van der Waals surface area contributed by atoms with Gasteiger partial charge in [-0.2, -0.15) is 0 Å². The van der Waals surface area contributed by atoms with Crippen LogP contribution in [0.3, 0.4) is 0 Å². The molecule has 0 aliphatic rings. The first kappa shape index (κ1) is 9.81. The predicted octanol–water partition coefficient (Wildman–Crippen LogP) is 2.75. The Kier molecular flexibility index (Phi) is 3.09. The second kappa shape index (κ2) is 4.10. The molecule has 0 fully saturated rings. The third-order valence-corrected chi connectivity index (χ3v) is 2.02. The maximum atomic E-state index is 10.2. The molecule has 0 amide bonds. The van der Waals surface area contributed by atoms with E-state index in [1.807, 2.05) is 13.0 Å². The van der Waals surface area contributed by atoms with Crippen LogP contribution in [0.25, 0.3) is 6.08 Å². The summed E-state index contributed by atoms with van der Waals surface area (Å²) in [5.74, 6) is -0.951. The Bertz CT molecular complexity index is 356. The summed E-state index contributed by atoms with van der Waals surface area (Å²) in [7, 11) is 0. The Morgan fingerprint density at radius 3 is 2.77 bits per heavy atom. The molecule has 0 saturated carbocycles. The molecule has 0 heterocycles. The molecule has 1 aromatic rings. The topological polar surface area (TPSA) is 37.3 Å². The highest BCUT2D eigenvalue weighted by Crippen LogP contribution is 2.16. The number of carboxylic acid groups (broad SMARTS) is 1. The summed E-state index contributed by atoms with van der Waals surface area (Å²) < 4.78 is 0. The zero-order valence-electron chi connectivity index (χ0n) is 7.12. The summed E-state index contributed by atoms with van der Waals surface area (Å²) in [6.07, 6.45) is 2.63. The molecule has 2 nitrogen and oxygen atoms in total. The minimum Gasteiger partial charge on any atom is -0.478 e. The SMILES string of the molecule is Cc1cc(/C=C/C(=O)O)ccc1Cl. The van der Waals surface area contributed by atoms with Crippen LogP contribution in [0.2, 0.25) is 5.02 Å². The van der Waals surface area contributed by atoms with Crippen molar-refractivity contribution in [3.63, 3.8) is 0 Å². The molecule has 0 aromatic heterocycles. The van der Waals surface area contributed by atoms with Crippen molar-refractivity contribution in [2.24, 2.45) is 0 Å². The van der Waals surface area contributed by atoms with Crippen LogP contribution in [0.4, 0.5) is 0 Å². The van der Waals surface area contributed by atoms with Gasteiger partial charge in [0, 0.05) is 11.1 Å². The number of rotatable bonds is 2. The second-order valence-corrected chi connectivity index (χ2v) is 3.09. The van der Waals surface area contributed by atoms with E-state index >= 15 is 0 Å². The molecule has 0 bridgehead atoms. The first-order chi connectivity index (χ1) is 6.09. The van der Waals surface area contributed by atoms with Crippen molar-refractivity contribution in [2.75, 3.05) is 0 Å². The standard InChI is InChI=1S/C10H9ClO2/c1-7-6-8(2-4-9(7)11)3-5-10(12)13/h2-6H,1H3,(H,12,13)/b5-3+. The average molecular weight is 197 g/mol. The van der Waals surface area contributed by atoms with E-state index in [0.717, 1.165) is 17.2 Å². The fourth-order valence-electron chi connectivity index (χ4n) is 0.939. The Hall–Kier alpha value is -1.28. The molecule has 1 rings (SSSR count). The quantitative estimate of drug-likeness (QED) is 0.739. The van der Waals surface area contributed by atoms with Gasteiger partial charge >= 0.3 is 5.97 Å². The monoisotopic (exact) mass is 196 g/mol. The first-order valence-corrected chi connectivity index (χ1v) is 4.14. The molecule has 0 radical (unpaired) electrons. The van der Waals surface area contributed by atoms with Crippen molar-refractivity contribution >= 4 is 23.6 Å². The van der Waals surface area contributed by atoms with Crippen LogP contribution < -0.4 is 0 Å². The van der Waals surface area contributed by atoms with Gasteiger partial charge in [-0.15, -0.1) is 0 Å². The van der Waals surface area contributed by atoms with Gasteiger partial charge in [0.15, 0.2) is 0 Å².